The lowest BCUT2D eigenvalue weighted by molar-refractivity contribution is -0.141. The van der Waals surface area contributed by atoms with Crippen LogP contribution in [0, 0.1) is 0 Å². The number of carboxylic acids is 1. The minimum Gasteiger partial charge on any atom is -0.481 e. The van der Waals surface area contributed by atoms with Crippen LogP contribution in [0.3, 0.4) is 0 Å². The average Bonchev–Trinajstić information content (AvgIpc) is 3.71. The van der Waals surface area contributed by atoms with Crippen LogP contribution in [0.25, 0.3) is 0 Å². The number of hydrogen-bond donors (Lipinski definition) is 6. The molecule has 0 bridgehead atoms. The first-order chi connectivity index (χ1) is 22.0. The average molecular weight is 648 g/mol. The van der Waals surface area contributed by atoms with Gasteiger partial charge in [-0.3, -0.25) is 28.8 Å². The Morgan fingerprint density at radius 2 is 1.50 bits per heavy atom. The van der Waals surface area contributed by atoms with Crippen molar-refractivity contribution >= 4 is 35.5 Å². The summed E-state index contributed by atoms with van der Waals surface area (Å²) in [5, 5.41) is 17.2. The molecule has 0 radical (unpaired) electrons. The van der Waals surface area contributed by atoms with Crippen molar-refractivity contribution < 1.29 is 33.9 Å². The zero-order chi connectivity index (χ0) is 33.9. The molecule has 1 fully saturated rings. The Bertz CT molecular complexity index is 1130. The van der Waals surface area contributed by atoms with Crippen LogP contribution in [-0.4, -0.2) is 86.2 Å². The summed E-state index contributed by atoms with van der Waals surface area (Å²) in [5.74, 6) is -4.11. The third-order valence-corrected chi connectivity index (χ3v) is 8.28. The van der Waals surface area contributed by atoms with Crippen LogP contribution in [0.5, 0.6) is 0 Å². The molecule has 1 aliphatic heterocycles. The minimum absolute atomic E-state index is 0.0133. The Labute approximate surface area is 271 Å². The molecule has 2 rings (SSSR count). The monoisotopic (exact) mass is 647 g/mol. The summed E-state index contributed by atoms with van der Waals surface area (Å²) < 4.78 is 0. The number of carbonyl (C=O) groups excluding carboxylic acids is 5. The number of amides is 5. The van der Waals surface area contributed by atoms with Gasteiger partial charge in [-0.25, -0.2) is 4.98 Å². The second-order valence-corrected chi connectivity index (χ2v) is 12.2. The summed E-state index contributed by atoms with van der Waals surface area (Å²) in [6, 6.07) is -4.15. The molecule has 4 atom stereocenters. The number of unbranched alkanes of at least 4 members (excludes halogenated alkanes) is 9. The zero-order valence-corrected chi connectivity index (χ0v) is 27.4. The van der Waals surface area contributed by atoms with Gasteiger partial charge in [0, 0.05) is 38.2 Å². The maximum absolute atomic E-state index is 13.6. The molecule has 0 saturated carbocycles. The van der Waals surface area contributed by atoms with Crippen LogP contribution in [0.15, 0.2) is 12.5 Å². The van der Waals surface area contributed by atoms with E-state index in [2.05, 4.69) is 32.8 Å². The van der Waals surface area contributed by atoms with Crippen LogP contribution < -0.4 is 21.7 Å². The van der Waals surface area contributed by atoms with E-state index in [-0.39, 0.29) is 19.4 Å². The predicted molar refractivity (Wildman–Crippen MR) is 171 cm³/mol. The smallest absolute Gasteiger partial charge is 0.303 e. The van der Waals surface area contributed by atoms with E-state index in [1.807, 2.05) is 0 Å². The Morgan fingerprint density at radius 1 is 0.913 bits per heavy atom. The summed E-state index contributed by atoms with van der Waals surface area (Å²) >= 11 is 0. The Hall–Kier alpha value is -3.97. The molecular weight excluding hydrogens is 594 g/mol. The van der Waals surface area contributed by atoms with Crippen molar-refractivity contribution in [2.45, 2.75) is 141 Å². The molecule has 1 saturated heterocycles. The number of H-pyrrole nitrogens is 1. The second kappa shape index (κ2) is 20.9. The first-order valence-electron chi connectivity index (χ1n) is 16.7. The molecule has 0 aromatic carbocycles. The van der Waals surface area contributed by atoms with Crippen LogP contribution in [0.2, 0.25) is 0 Å². The van der Waals surface area contributed by atoms with Crippen LogP contribution in [0.4, 0.5) is 0 Å². The Kier molecular flexibility index (Phi) is 17.4. The second-order valence-electron chi connectivity index (χ2n) is 12.2. The SMILES string of the molecule is CCCCCCCCCCCCC(NC(C)=O)C(=O)N[C@@H](CCC(=O)O)C(=O)N[C@@H](Cc1cnc[nH]1)C(=O)N1CCC[C@H]1C(N)=O. The highest BCUT2D eigenvalue weighted by Crippen LogP contribution is 2.19. The van der Waals surface area contributed by atoms with Gasteiger partial charge in [-0.05, 0) is 25.7 Å². The number of aromatic nitrogens is 2. The van der Waals surface area contributed by atoms with Gasteiger partial charge in [-0.1, -0.05) is 71.1 Å². The summed E-state index contributed by atoms with van der Waals surface area (Å²) in [5.41, 5.74) is 6.06. The van der Waals surface area contributed by atoms with Crippen LogP contribution in [0.1, 0.15) is 116 Å². The number of aromatic amines is 1. The number of hydrogen-bond acceptors (Lipinski definition) is 7. The van der Waals surface area contributed by atoms with Gasteiger partial charge in [0.05, 0.1) is 6.33 Å². The minimum atomic E-state index is -1.30. The summed E-state index contributed by atoms with van der Waals surface area (Å²) in [4.78, 5) is 84.0. The van der Waals surface area contributed by atoms with Crippen molar-refractivity contribution in [1.82, 2.24) is 30.8 Å². The van der Waals surface area contributed by atoms with Crippen LogP contribution in [-0.2, 0) is 35.2 Å². The highest BCUT2D eigenvalue weighted by atomic mass is 16.4. The number of rotatable bonds is 23. The van der Waals surface area contributed by atoms with Gasteiger partial charge in [-0.2, -0.15) is 0 Å². The van der Waals surface area contributed by atoms with E-state index < -0.39 is 66.1 Å². The van der Waals surface area contributed by atoms with E-state index >= 15 is 0 Å². The number of imidazole rings is 1. The molecule has 14 nitrogen and oxygen atoms in total. The van der Waals surface area contributed by atoms with Gasteiger partial charge in [0.15, 0.2) is 0 Å². The molecule has 0 spiro atoms. The highest BCUT2D eigenvalue weighted by molar-refractivity contribution is 5.95. The number of nitrogens with two attached hydrogens (primary N) is 1. The first-order valence-corrected chi connectivity index (χ1v) is 16.7. The first kappa shape index (κ1) is 38.2. The van der Waals surface area contributed by atoms with Crippen molar-refractivity contribution in [3.8, 4) is 0 Å². The van der Waals surface area contributed by atoms with Gasteiger partial charge in [0.2, 0.25) is 29.5 Å². The topological polar surface area (TPSA) is 217 Å². The van der Waals surface area contributed by atoms with E-state index in [9.17, 15) is 33.9 Å². The van der Waals surface area contributed by atoms with Crippen LogP contribution >= 0.6 is 0 Å². The maximum atomic E-state index is 13.6. The van der Waals surface area contributed by atoms with Crippen molar-refractivity contribution in [2.75, 3.05) is 6.54 Å². The molecule has 2 heterocycles. The molecule has 46 heavy (non-hydrogen) atoms. The lowest BCUT2D eigenvalue weighted by Gasteiger charge is -2.29. The number of primary amides is 1. The van der Waals surface area contributed by atoms with Crippen molar-refractivity contribution in [3.05, 3.63) is 18.2 Å². The number of carbonyl (C=O) groups is 6. The van der Waals surface area contributed by atoms with Gasteiger partial charge < -0.3 is 36.7 Å². The molecule has 1 aliphatic rings. The normalized spacial score (nSPS) is 16.3. The third kappa shape index (κ3) is 14.0. The maximum Gasteiger partial charge on any atom is 0.303 e. The number of aliphatic carboxylic acids is 1. The van der Waals surface area contributed by atoms with Crippen molar-refractivity contribution in [1.29, 1.82) is 0 Å². The Morgan fingerprint density at radius 3 is 2.04 bits per heavy atom. The van der Waals surface area contributed by atoms with Crippen molar-refractivity contribution in [3.63, 3.8) is 0 Å². The quantitative estimate of drug-likeness (QED) is 0.0964. The number of nitrogens with zero attached hydrogens (tertiary/aromatic N) is 2. The molecule has 0 aliphatic carbocycles. The molecule has 1 aromatic heterocycles. The largest absolute Gasteiger partial charge is 0.481 e. The van der Waals surface area contributed by atoms with Gasteiger partial charge >= 0.3 is 5.97 Å². The fourth-order valence-electron chi connectivity index (χ4n) is 5.77. The molecule has 7 N–H and O–H groups in total. The van der Waals surface area contributed by atoms with E-state index in [1.54, 1.807) is 0 Å². The fourth-order valence-corrected chi connectivity index (χ4v) is 5.77. The molecule has 14 heteroatoms. The summed E-state index contributed by atoms with van der Waals surface area (Å²) in [6.07, 6.45) is 14.7. The molecule has 5 amide bonds. The zero-order valence-electron chi connectivity index (χ0n) is 27.4. The van der Waals surface area contributed by atoms with Gasteiger partial charge in [-0.15, -0.1) is 0 Å². The van der Waals surface area contributed by atoms with E-state index in [1.165, 1.54) is 62.9 Å². The van der Waals surface area contributed by atoms with E-state index in [4.69, 9.17) is 5.73 Å². The highest BCUT2D eigenvalue weighted by Gasteiger charge is 2.38. The third-order valence-electron chi connectivity index (χ3n) is 8.28. The number of likely N-dealkylation sites (tertiary alicyclic amines) is 1. The lowest BCUT2D eigenvalue weighted by atomic mass is 10.0. The molecular formula is C32H53N7O7. The molecule has 258 valence electrons. The standard InChI is InChI=1S/C32H53N7O7/c1-3-4-5-6-7-8-9-10-11-12-14-24(36-22(2)40)30(44)37-25(16-17-28(41)42)31(45)38-26(19-23-20-34-21-35-23)32(46)39-18-13-15-27(39)29(33)43/h20-21,24-27H,3-19H2,1-2H3,(H2,33,43)(H,34,35)(H,36,40)(H,37,44)(H,38,45)(H,41,42)/t24?,25-,26-,27-/m0/s1. The molecule has 1 aromatic rings. The van der Waals surface area contributed by atoms with Gasteiger partial charge in [0.25, 0.3) is 0 Å². The number of carboxylic acid groups (broad SMARTS) is 1. The van der Waals surface area contributed by atoms with E-state index in [0.29, 0.717) is 31.4 Å². The van der Waals surface area contributed by atoms with E-state index in [0.717, 1.165) is 19.3 Å². The Balaban J connectivity index is 2.07. The van der Waals surface area contributed by atoms with Gasteiger partial charge in [0.1, 0.15) is 24.2 Å². The summed E-state index contributed by atoms with van der Waals surface area (Å²) in [6.45, 7) is 3.79. The summed E-state index contributed by atoms with van der Waals surface area (Å²) in [7, 11) is 0. The number of nitrogens with one attached hydrogen (secondary N) is 4. The lowest BCUT2D eigenvalue weighted by Crippen LogP contribution is -2.58. The molecule has 1 unspecified atom stereocenters. The fraction of sp³-hybridized carbons (Fsp3) is 0.719. The van der Waals surface area contributed by atoms with Crippen molar-refractivity contribution in [2.24, 2.45) is 5.73 Å². The predicted octanol–water partition coefficient (Wildman–Crippen LogP) is 2.08.